The Morgan fingerprint density at radius 1 is 0.926 bits per heavy atom. The highest BCUT2D eigenvalue weighted by Gasteiger charge is 2.82. The molecule has 0 fully saturated rings. The van der Waals surface area contributed by atoms with Crippen LogP contribution < -0.4 is 0 Å². The highest BCUT2D eigenvalue weighted by atomic mass is 19.4. The van der Waals surface area contributed by atoms with Crippen molar-refractivity contribution in [2.45, 2.75) is 42.9 Å². The van der Waals surface area contributed by atoms with E-state index in [1.807, 2.05) is 0 Å². The molecule has 0 heterocycles. The highest BCUT2D eigenvalue weighted by molar-refractivity contribution is 5.35. The first-order chi connectivity index (χ1) is 11.9. The molecule has 0 radical (unpaired) electrons. The van der Waals surface area contributed by atoms with Crippen LogP contribution >= 0.6 is 0 Å². The van der Waals surface area contributed by atoms with Gasteiger partial charge in [0.25, 0.3) is 5.69 Å². The molecule has 1 unspecified atom stereocenters. The molecule has 0 bridgehead atoms. The summed E-state index contributed by atoms with van der Waals surface area (Å²) in [6, 6.07) is 3.26. The number of benzene rings is 1. The second-order valence-electron chi connectivity index (χ2n) is 5.77. The first kappa shape index (κ1) is 23.0. The first-order valence-corrected chi connectivity index (χ1v) is 6.93. The number of ether oxygens (including phenoxy) is 1. The number of rotatable bonds is 7. The average Bonchev–Trinajstić information content (AvgIpc) is 2.53. The normalized spacial score (nSPS) is 16.1. The molecule has 0 aliphatic rings. The fraction of sp³-hybridized carbons (Fsp3) is 0.571. The summed E-state index contributed by atoms with van der Waals surface area (Å²) in [5, 5.41) is 10.6. The van der Waals surface area contributed by atoms with Gasteiger partial charge in [-0.05, 0) is 24.6 Å². The van der Waals surface area contributed by atoms with Crippen molar-refractivity contribution < 1.29 is 49.2 Å². The number of nitro groups is 1. The van der Waals surface area contributed by atoms with E-state index in [-0.39, 0.29) is 5.56 Å². The minimum atomic E-state index is -7.01. The molecule has 13 heteroatoms. The Morgan fingerprint density at radius 3 is 1.70 bits per heavy atom. The Balaban J connectivity index is 3.32. The van der Waals surface area contributed by atoms with Gasteiger partial charge in [0.05, 0.1) is 16.9 Å². The van der Waals surface area contributed by atoms with Crippen LogP contribution in [0, 0.1) is 10.1 Å². The van der Waals surface area contributed by atoms with Crippen LogP contribution in [-0.4, -0.2) is 36.0 Å². The third kappa shape index (κ3) is 3.96. The van der Waals surface area contributed by atoms with Gasteiger partial charge in [-0.3, -0.25) is 10.1 Å². The molecular formula is C14H12F9NO3. The van der Waals surface area contributed by atoms with E-state index in [9.17, 15) is 49.6 Å². The monoisotopic (exact) mass is 413 g/mol. The Morgan fingerprint density at radius 2 is 1.37 bits per heavy atom. The predicted molar refractivity (Wildman–Crippen MR) is 73.0 cm³/mol. The van der Waals surface area contributed by atoms with Crippen LogP contribution in [-0.2, 0) is 10.3 Å². The SMILES string of the molecule is COC(C)(CC(F)(F)C(F)(F)C(F)(F)C(F)(F)F)c1ccc([N+](=O)[O-])cc1. The van der Waals surface area contributed by atoms with Crippen molar-refractivity contribution in [2.24, 2.45) is 0 Å². The van der Waals surface area contributed by atoms with Gasteiger partial charge in [0.1, 0.15) is 0 Å². The van der Waals surface area contributed by atoms with Crippen molar-refractivity contribution >= 4 is 5.69 Å². The van der Waals surface area contributed by atoms with Gasteiger partial charge in [-0.15, -0.1) is 0 Å². The van der Waals surface area contributed by atoms with Crippen molar-refractivity contribution in [2.75, 3.05) is 7.11 Å². The van der Waals surface area contributed by atoms with E-state index in [0.29, 0.717) is 0 Å². The number of nitro benzene ring substituents is 1. The lowest BCUT2D eigenvalue weighted by molar-refractivity contribution is -0.400. The molecule has 0 spiro atoms. The second kappa shape index (κ2) is 6.84. The van der Waals surface area contributed by atoms with E-state index in [4.69, 9.17) is 0 Å². The molecule has 1 rings (SSSR count). The van der Waals surface area contributed by atoms with Gasteiger partial charge in [-0.25, -0.2) is 0 Å². The number of methoxy groups -OCH3 is 1. The average molecular weight is 413 g/mol. The zero-order chi connectivity index (χ0) is 21.5. The summed E-state index contributed by atoms with van der Waals surface area (Å²) in [7, 11) is 0.734. The zero-order valence-electron chi connectivity index (χ0n) is 13.6. The Kier molecular flexibility index (Phi) is 5.82. The van der Waals surface area contributed by atoms with Crippen molar-refractivity contribution in [1.29, 1.82) is 0 Å². The van der Waals surface area contributed by atoms with Gasteiger partial charge in [-0.2, -0.15) is 39.5 Å². The van der Waals surface area contributed by atoms with Crippen LogP contribution in [0.1, 0.15) is 18.9 Å². The molecule has 0 aliphatic carbocycles. The number of hydrogen-bond acceptors (Lipinski definition) is 3. The lowest BCUT2D eigenvalue weighted by Gasteiger charge is -2.38. The van der Waals surface area contributed by atoms with Crippen molar-refractivity contribution in [3.63, 3.8) is 0 Å². The van der Waals surface area contributed by atoms with Gasteiger partial charge in [0.15, 0.2) is 0 Å². The van der Waals surface area contributed by atoms with Crippen LogP contribution in [0.4, 0.5) is 45.2 Å². The summed E-state index contributed by atoms with van der Waals surface area (Å²) in [5.41, 5.74) is -3.33. The van der Waals surface area contributed by atoms with Crippen molar-refractivity contribution in [3.8, 4) is 0 Å². The smallest absolute Gasteiger partial charge is 0.374 e. The number of alkyl halides is 9. The van der Waals surface area contributed by atoms with Gasteiger partial charge in [0.2, 0.25) is 0 Å². The Bertz CT molecular complexity index is 688. The van der Waals surface area contributed by atoms with Gasteiger partial charge in [0, 0.05) is 19.2 Å². The zero-order valence-corrected chi connectivity index (χ0v) is 13.6. The lowest BCUT2D eigenvalue weighted by Crippen LogP contribution is -2.62. The third-order valence-corrected chi connectivity index (χ3v) is 3.91. The lowest BCUT2D eigenvalue weighted by atomic mass is 9.85. The predicted octanol–water partition coefficient (Wildman–Crippen LogP) is 5.31. The maximum atomic E-state index is 13.9. The number of non-ortho nitro benzene ring substituents is 1. The fourth-order valence-corrected chi connectivity index (χ4v) is 2.17. The minimum absolute atomic E-state index is 0.374. The molecule has 1 aromatic carbocycles. The maximum absolute atomic E-state index is 13.9. The molecule has 0 saturated heterocycles. The summed E-state index contributed by atoms with van der Waals surface area (Å²) >= 11 is 0. The van der Waals surface area contributed by atoms with E-state index in [1.54, 1.807) is 0 Å². The minimum Gasteiger partial charge on any atom is -0.374 e. The Hall–Kier alpha value is -2.05. The first-order valence-electron chi connectivity index (χ1n) is 6.93. The van der Waals surface area contributed by atoms with E-state index < -0.39 is 46.6 Å². The van der Waals surface area contributed by atoms with Crippen LogP contribution in [0.25, 0.3) is 0 Å². The molecule has 0 aromatic heterocycles. The van der Waals surface area contributed by atoms with E-state index in [1.165, 1.54) is 0 Å². The van der Waals surface area contributed by atoms with Crippen molar-refractivity contribution in [3.05, 3.63) is 39.9 Å². The summed E-state index contributed by atoms with van der Waals surface area (Å²) < 4.78 is 122. The molecule has 1 aromatic rings. The summed E-state index contributed by atoms with van der Waals surface area (Å²) in [6.07, 6.45) is -9.18. The van der Waals surface area contributed by atoms with E-state index in [2.05, 4.69) is 4.74 Å². The highest BCUT2D eigenvalue weighted by Crippen LogP contribution is 2.56. The van der Waals surface area contributed by atoms with Gasteiger partial charge < -0.3 is 4.74 Å². The quantitative estimate of drug-likeness (QED) is 0.346. The maximum Gasteiger partial charge on any atom is 0.460 e. The number of halogens is 9. The molecule has 4 nitrogen and oxygen atoms in total. The van der Waals surface area contributed by atoms with E-state index >= 15 is 0 Å². The standard InChI is InChI=1S/C14H12F9NO3/c1-10(27-2,8-3-5-9(6-4-8)24(25)26)7-11(15,16)12(17,18)13(19,20)14(21,22)23/h3-6H,7H2,1-2H3. The van der Waals surface area contributed by atoms with Gasteiger partial charge >= 0.3 is 23.9 Å². The van der Waals surface area contributed by atoms with Crippen molar-refractivity contribution in [1.82, 2.24) is 0 Å². The second-order valence-corrected chi connectivity index (χ2v) is 5.77. The largest absolute Gasteiger partial charge is 0.460 e. The fourth-order valence-electron chi connectivity index (χ4n) is 2.17. The Labute approximate surface area is 146 Å². The molecule has 27 heavy (non-hydrogen) atoms. The van der Waals surface area contributed by atoms with E-state index in [0.717, 1.165) is 38.3 Å². The topological polar surface area (TPSA) is 52.4 Å². The molecule has 0 amide bonds. The summed E-state index contributed by atoms with van der Waals surface area (Å²) in [4.78, 5) is 9.70. The molecular weight excluding hydrogens is 401 g/mol. The number of hydrogen-bond donors (Lipinski definition) is 0. The molecule has 0 saturated carbocycles. The number of nitrogens with zero attached hydrogens (tertiary/aromatic N) is 1. The summed E-state index contributed by atoms with van der Waals surface area (Å²) in [5.74, 6) is -19.6. The van der Waals surface area contributed by atoms with Gasteiger partial charge in [-0.1, -0.05) is 0 Å². The van der Waals surface area contributed by atoms with Crippen LogP contribution in [0.3, 0.4) is 0 Å². The van der Waals surface area contributed by atoms with Crippen LogP contribution in [0.15, 0.2) is 24.3 Å². The molecule has 154 valence electrons. The third-order valence-electron chi connectivity index (χ3n) is 3.91. The van der Waals surface area contributed by atoms with Crippen LogP contribution in [0.2, 0.25) is 0 Å². The van der Waals surface area contributed by atoms with Crippen LogP contribution in [0.5, 0.6) is 0 Å². The summed E-state index contributed by atoms with van der Waals surface area (Å²) in [6.45, 7) is 0.740. The molecule has 0 aliphatic heterocycles. The molecule has 0 N–H and O–H groups in total. The molecule has 1 atom stereocenters.